The molecule has 3 aromatic rings. The molecule has 0 spiro atoms. The van der Waals surface area contributed by atoms with Crippen LogP contribution in [0.15, 0.2) is 28.9 Å². The summed E-state index contributed by atoms with van der Waals surface area (Å²) in [6.45, 7) is 0.982. The van der Waals surface area contributed by atoms with E-state index in [0.29, 0.717) is 41.4 Å². The Balaban J connectivity index is 1.55. The maximum atomic E-state index is 14.8. The summed E-state index contributed by atoms with van der Waals surface area (Å²) in [4.78, 5) is 23.2. The summed E-state index contributed by atoms with van der Waals surface area (Å²) >= 11 is 3.35. The third-order valence-corrected chi connectivity index (χ3v) is 5.83. The molecule has 148 valence electrons. The van der Waals surface area contributed by atoms with Gasteiger partial charge < -0.3 is 20.1 Å². The number of pyridine rings is 2. The van der Waals surface area contributed by atoms with Crippen molar-refractivity contribution in [2.24, 2.45) is 0 Å². The first kappa shape index (κ1) is 18.3. The Bertz CT molecular complexity index is 1190. The Morgan fingerprint density at radius 2 is 2.10 bits per heavy atom. The van der Waals surface area contributed by atoms with Gasteiger partial charge in [0, 0.05) is 34.7 Å². The van der Waals surface area contributed by atoms with Gasteiger partial charge in [-0.2, -0.15) is 0 Å². The number of nitrogen functional groups attached to an aromatic ring is 1. The molecule has 9 heteroatoms. The molecule has 0 saturated heterocycles. The molecule has 0 bridgehead atoms. The van der Waals surface area contributed by atoms with E-state index in [1.807, 2.05) is 0 Å². The molecule has 2 aromatic heterocycles. The minimum absolute atomic E-state index is 0.0359. The van der Waals surface area contributed by atoms with Gasteiger partial charge in [-0.3, -0.25) is 9.78 Å². The van der Waals surface area contributed by atoms with Gasteiger partial charge in [0.05, 0.1) is 24.3 Å². The minimum Gasteiger partial charge on any atom is -0.489 e. The Hall–Kier alpha value is -2.78. The molecular weight excluding hydrogens is 443 g/mol. The number of hydrogen-bond acceptors (Lipinski definition) is 6. The standard InChI is InChI=1S/C20H16BrFN4O3/c1-26(16-8-29-17-2-9(21)5-24-18(16)17)20(27)11-3-10-12-6-28-7-13(12)19(23)25-15(10)4-14(11)22/h2-5,16H,6-8H2,1H3,(H2,23,25)/t16-/m1/s1. The zero-order chi connectivity index (χ0) is 20.3. The first-order chi connectivity index (χ1) is 13.9. The number of halogens is 2. The summed E-state index contributed by atoms with van der Waals surface area (Å²) in [5, 5.41) is 0.676. The van der Waals surface area contributed by atoms with E-state index in [1.54, 1.807) is 19.3 Å². The van der Waals surface area contributed by atoms with Crippen molar-refractivity contribution in [2.75, 3.05) is 19.4 Å². The van der Waals surface area contributed by atoms with Crippen LogP contribution < -0.4 is 10.5 Å². The van der Waals surface area contributed by atoms with Crippen LogP contribution in [-0.4, -0.2) is 34.4 Å². The number of fused-ring (bicyclic) bond motifs is 4. The van der Waals surface area contributed by atoms with Crippen molar-refractivity contribution >= 4 is 38.6 Å². The molecule has 1 atom stereocenters. The largest absolute Gasteiger partial charge is 0.489 e. The number of likely N-dealkylation sites (N-methyl/N-ethyl adjacent to an activating group) is 1. The smallest absolute Gasteiger partial charge is 0.257 e. The maximum Gasteiger partial charge on any atom is 0.257 e. The number of aromatic nitrogens is 2. The molecule has 7 nitrogen and oxygen atoms in total. The van der Waals surface area contributed by atoms with E-state index in [0.717, 1.165) is 15.6 Å². The molecule has 4 heterocycles. The molecule has 0 aliphatic carbocycles. The lowest BCUT2D eigenvalue weighted by molar-refractivity contribution is 0.0701. The SMILES string of the molecule is CN(C(=O)c1cc2c3c(c(N)nc2cc1F)COC3)[C@@H]1COc2cc(Br)cnc21. The summed E-state index contributed by atoms with van der Waals surface area (Å²) in [6, 6.07) is 4.19. The molecule has 2 aliphatic rings. The van der Waals surface area contributed by atoms with Crippen LogP contribution in [-0.2, 0) is 18.0 Å². The molecular formula is C20H16BrFN4O3. The van der Waals surface area contributed by atoms with Crippen LogP contribution in [0.25, 0.3) is 10.9 Å². The fourth-order valence-electron chi connectivity index (χ4n) is 3.83. The Labute approximate surface area is 173 Å². The van der Waals surface area contributed by atoms with E-state index in [1.165, 1.54) is 17.0 Å². The summed E-state index contributed by atoms with van der Waals surface area (Å²) < 4.78 is 26.8. The highest BCUT2D eigenvalue weighted by molar-refractivity contribution is 9.10. The van der Waals surface area contributed by atoms with Crippen molar-refractivity contribution in [3.8, 4) is 5.75 Å². The van der Waals surface area contributed by atoms with E-state index < -0.39 is 17.8 Å². The summed E-state index contributed by atoms with van der Waals surface area (Å²) in [7, 11) is 1.62. The molecule has 1 aromatic carbocycles. The summed E-state index contributed by atoms with van der Waals surface area (Å²) in [5.74, 6) is -0.168. The van der Waals surface area contributed by atoms with Crippen molar-refractivity contribution in [2.45, 2.75) is 19.3 Å². The van der Waals surface area contributed by atoms with Gasteiger partial charge in [0.1, 0.15) is 35.7 Å². The van der Waals surface area contributed by atoms with Gasteiger partial charge >= 0.3 is 0 Å². The maximum absolute atomic E-state index is 14.8. The van der Waals surface area contributed by atoms with Crippen LogP contribution in [0.5, 0.6) is 5.75 Å². The highest BCUT2D eigenvalue weighted by Gasteiger charge is 2.33. The Kier molecular flexibility index (Phi) is 4.18. The first-order valence-electron chi connectivity index (χ1n) is 8.97. The lowest BCUT2D eigenvalue weighted by Gasteiger charge is -2.23. The van der Waals surface area contributed by atoms with Crippen LogP contribution in [0, 0.1) is 5.82 Å². The number of anilines is 1. The molecule has 0 radical (unpaired) electrons. The predicted octanol–water partition coefficient (Wildman–Crippen LogP) is 3.35. The van der Waals surface area contributed by atoms with Gasteiger partial charge in [0.15, 0.2) is 0 Å². The molecule has 29 heavy (non-hydrogen) atoms. The number of nitrogens with two attached hydrogens (primary N) is 1. The number of nitrogens with zero attached hydrogens (tertiary/aromatic N) is 3. The quantitative estimate of drug-likeness (QED) is 0.632. The summed E-state index contributed by atoms with van der Waals surface area (Å²) in [6.07, 6.45) is 1.65. The van der Waals surface area contributed by atoms with Crippen LogP contribution in [0.2, 0.25) is 0 Å². The molecule has 0 unspecified atom stereocenters. The van der Waals surface area contributed by atoms with E-state index in [2.05, 4.69) is 25.9 Å². The third kappa shape index (κ3) is 2.84. The van der Waals surface area contributed by atoms with Gasteiger partial charge in [0.2, 0.25) is 0 Å². The minimum atomic E-state index is -0.650. The topological polar surface area (TPSA) is 90.6 Å². The molecule has 2 aliphatic heterocycles. The Morgan fingerprint density at radius 1 is 1.31 bits per heavy atom. The van der Waals surface area contributed by atoms with Crippen LogP contribution in [0.3, 0.4) is 0 Å². The van der Waals surface area contributed by atoms with Gasteiger partial charge in [-0.1, -0.05) is 0 Å². The van der Waals surface area contributed by atoms with Crippen LogP contribution >= 0.6 is 15.9 Å². The fraction of sp³-hybridized carbons (Fsp3) is 0.250. The zero-order valence-electron chi connectivity index (χ0n) is 15.4. The number of amides is 1. The van der Waals surface area contributed by atoms with Gasteiger partial charge in [-0.25, -0.2) is 9.37 Å². The second kappa shape index (κ2) is 6.64. The lowest BCUT2D eigenvalue weighted by atomic mass is 10.0. The number of rotatable bonds is 2. The molecule has 0 saturated carbocycles. The highest BCUT2D eigenvalue weighted by Crippen LogP contribution is 2.37. The number of benzene rings is 1. The van der Waals surface area contributed by atoms with Crippen LogP contribution in [0.4, 0.5) is 10.2 Å². The van der Waals surface area contributed by atoms with Crippen LogP contribution in [0.1, 0.15) is 33.2 Å². The molecule has 1 amide bonds. The average Bonchev–Trinajstić information content (AvgIpc) is 3.34. The summed E-state index contributed by atoms with van der Waals surface area (Å²) in [5.41, 5.74) is 8.63. The van der Waals surface area contributed by atoms with Crippen molar-refractivity contribution < 1.29 is 18.7 Å². The van der Waals surface area contributed by atoms with Gasteiger partial charge in [-0.05, 0) is 33.6 Å². The van der Waals surface area contributed by atoms with Crippen molar-refractivity contribution in [1.82, 2.24) is 14.9 Å². The second-order valence-corrected chi connectivity index (χ2v) is 7.99. The van der Waals surface area contributed by atoms with E-state index >= 15 is 0 Å². The van der Waals surface area contributed by atoms with Crippen molar-refractivity contribution in [1.29, 1.82) is 0 Å². The number of carbonyl (C=O) groups is 1. The van der Waals surface area contributed by atoms with E-state index in [4.69, 9.17) is 15.2 Å². The number of ether oxygens (including phenoxy) is 2. The van der Waals surface area contributed by atoms with E-state index in [-0.39, 0.29) is 12.2 Å². The number of hydrogen-bond donors (Lipinski definition) is 1. The second-order valence-electron chi connectivity index (χ2n) is 7.08. The van der Waals surface area contributed by atoms with E-state index in [9.17, 15) is 9.18 Å². The zero-order valence-corrected chi connectivity index (χ0v) is 17.0. The average molecular weight is 459 g/mol. The fourth-order valence-corrected chi connectivity index (χ4v) is 4.14. The van der Waals surface area contributed by atoms with Crippen molar-refractivity contribution in [3.05, 3.63) is 57.1 Å². The van der Waals surface area contributed by atoms with Gasteiger partial charge in [-0.15, -0.1) is 0 Å². The lowest BCUT2D eigenvalue weighted by Crippen LogP contribution is -2.33. The van der Waals surface area contributed by atoms with Crippen molar-refractivity contribution in [3.63, 3.8) is 0 Å². The Morgan fingerprint density at radius 3 is 2.93 bits per heavy atom. The first-order valence-corrected chi connectivity index (χ1v) is 9.77. The molecule has 5 rings (SSSR count). The monoisotopic (exact) mass is 458 g/mol. The number of carbonyl (C=O) groups excluding carboxylic acids is 1. The predicted molar refractivity (Wildman–Crippen MR) is 107 cm³/mol. The van der Waals surface area contributed by atoms with Gasteiger partial charge in [0.25, 0.3) is 5.91 Å². The normalized spacial score (nSPS) is 17.1. The molecule has 0 fully saturated rings. The third-order valence-electron chi connectivity index (χ3n) is 5.40. The highest BCUT2D eigenvalue weighted by atomic mass is 79.9. The molecule has 2 N–H and O–H groups in total.